The Labute approximate surface area is 257 Å². The van der Waals surface area contributed by atoms with Crippen LogP contribution in [-0.2, 0) is 6.42 Å². The molecule has 4 nitrogen and oxygen atoms in total. The normalized spacial score (nSPS) is 12.8. The predicted molar refractivity (Wildman–Crippen MR) is 180 cm³/mol. The third kappa shape index (κ3) is 7.30. The number of rotatable bonds is 12. The van der Waals surface area contributed by atoms with Crippen LogP contribution in [0.15, 0.2) is 90.0 Å². The van der Waals surface area contributed by atoms with Crippen LogP contribution in [0.2, 0.25) is 0 Å². The molecule has 0 N–H and O–H groups in total. The summed E-state index contributed by atoms with van der Waals surface area (Å²) in [6.07, 6.45) is 3.19. The van der Waals surface area contributed by atoms with Gasteiger partial charge in [-0.05, 0) is 88.9 Å². The topological polar surface area (TPSA) is 34.1 Å². The molecule has 0 aromatic heterocycles. The fourth-order valence-corrected chi connectivity index (χ4v) is 5.49. The zero-order valence-corrected chi connectivity index (χ0v) is 26.7. The first kappa shape index (κ1) is 30.4. The van der Waals surface area contributed by atoms with E-state index in [0.717, 1.165) is 59.5 Å². The number of nitrogens with zero attached hydrogens (tertiary/aromatic N) is 2. The van der Waals surface area contributed by atoms with E-state index >= 15 is 0 Å². The van der Waals surface area contributed by atoms with Gasteiger partial charge in [0.2, 0.25) is 0 Å². The quantitative estimate of drug-likeness (QED) is 0.170. The first-order valence-electron chi connectivity index (χ1n) is 15.9. The van der Waals surface area contributed by atoms with Crippen LogP contribution in [-0.4, -0.2) is 19.8 Å². The molecule has 4 aromatic carbocycles. The fraction of sp³-hybridized carbons (Fsp3) is 0.359. The van der Waals surface area contributed by atoms with Crippen molar-refractivity contribution in [3.63, 3.8) is 0 Å². The van der Waals surface area contributed by atoms with Gasteiger partial charge in [-0.2, -0.15) is 5.10 Å². The van der Waals surface area contributed by atoms with E-state index in [-0.39, 0.29) is 0 Å². The van der Waals surface area contributed by atoms with E-state index in [1.165, 1.54) is 27.5 Å². The second kappa shape index (κ2) is 13.9. The minimum atomic E-state index is 0.485. The van der Waals surface area contributed by atoms with Crippen LogP contribution in [0.3, 0.4) is 0 Å². The number of anilines is 1. The molecule has 1 heterocycles. The number of fused-ring (bicyclic) bond motifs is 1. The van der Waals surface area contributed by atoms with E-state index in [9.17, 15) is 0 Å². The van der Waals surface area contributed by atoms with E-state index in [1.54, 1.807) is 0 Å². The molecule has 43 heavy (non-hydrogen) atoms. The molecule has 1 aliphatic rings. The van der Waals surface area contributed by atoms with Gasteiger partial charge in [0.25, 0.3) is 0 Å². The molecule has 224 valence electrons. The lowest BCUT2D eigenvalue weighted by Crippen LogP contribution is -2.41. The van der Waals surface area contributed by atoms with Crippen molar-refractivity contribution >= 4 is 11.3 Å². The van der Waals surface area contributed by atoms with Crippen molar-refractivity contribution < 1.29 is 9.47 Å². The molecule has 0 saturated heterocycles. The van der Waals surface area contributed by atoms with Gasteiger partial charge in [0.05, 0.1) is 30.8 Å². The Morgan fingerprint density at radius 3 is 1.72 bits per heavy atom. The Balaban J connectivity index is 1.62. The largest absolute Gasteiger partial charge is 0.493 e. The van der Waals surface area contributed by atoms with Crippen molar-refractivity contribution in [2.24, 2.45) is 16.9 Å². The lowest BCUT2D eigenvalue weighted by Gasteiger charge is -2.26. The summed E-state index contributed by atoms with van der Waals surface area (Å²) in [5.74, 6) is 2.78. The number of benzene rings is 4. The van der Waals surface area contributed by atoms with Gasteiger partial charge < -0.3 is 9.47 Å². The number of hydrogen-bond donors (Lipinski definition) is 0. The Morgan fingerprint density at radius 1 is 0.674 bits per heavy atom. The molecule has 0 atom stereocenters. The van der Waals surface area contributed by atoms with Gasteiger partial charge in [-0.15, -0.1) is 0 Å². The van der Waals surface area contributed by atoms with Gasteiger partial charge in [0, 0.05) is 10.8 Å². The predicted octanol–water partition coefficient (Wildman–Crippen LogP) is 8.66. The highest BCUT2D eigenvalue weighted by Crippen LogP contribution is 2.27. The molecule has 0 fully saturated rings. The molecule has 1 aliphatic heterocycles. The Bertz CT molecular complexity index is 1620. The van der Waals surface area contributed by atoms with Crippen molar-refractivity contribution in [1.29, 1.82) is 0 Å². The number of hydrogen-bond acceptors (Lipinski definition) is 4. The summed E-state index contributed by atoms with van der Waals surface area (Å²) in [6, 6.07) is 30.4. The number of aryl methyl sites for hydroxylation is 1. The molecule has 0 saturated carbocycles. The highest BCUT2D eigenvalue weighted by atomic mass is 16.5. The summed E-state index contributed by atoms with van der Waals surface area (Å²) < 4.78 is 12.0. The van der Waals surface area contributed by atoms with Crippen LogP contribution in [0, 0.1) is 11.8 Å². The molecular weight excluding hydrogens is 528 g/mol. The molecule has 4 aromatic rings. The SMILES string of the molecule is CCCc1ccc(N2CC(CC)=c3c(-c4ccc(OCC(C)C)cc4)ccc(-c4ccc(OCC(C)C)cc4)c3=N2)cc1. The van der Waals surface area contributed by atoms with Crippen LogP contribution < -0.4 is 25.1 Å². The maximum atomic E-state index is 5.98. The molecule has 5 rings (SSSR count). The first-order chi connectivity index (χ1) is 20.9. The third-order valence-electron chi connectivity index (χ3n) is 7.79. The maximum absolute atomic E-state index is 5.98. The van der Waals surface area contributed by atoms with Crippen LogP contribution >= 0.6 is 0 Å². The van der Waals surface area contributed by atoms with Gasteiger partial charge in [-0.1, -0.05) is 96.5 Å². The zero-order valence-electron chi connectivity index (χ0n) is 26.7. The molecule has 0 spiro atoms. The number of ether oxygens (including phenoxy) is 2. The van der Waals surface area contributed by atoms with Gasteiger partial charge in [0.15, 0.2) is 0 Å². The summed E-state index contributed by atoms with van der Waals surface area (Å²) in [5, 5.41) is 9.80. The van der Waals surface area contributed by atoms with E-state index in [4.69, 9.17) is 14.6 Å². The summed E-state index contributed by atoms with van der Waals surface area (Å²) in [7, 11) is 0. The molecule has 4 heteroatoms. The van der Waals surface area contributed by atoms with E-state index in [2.05, 4.69) is 131 Å². The maximum Gasteiger partial charge on any atom is 0.119 e. The smallest absolute Gasteiger partial charge is 0.119 e. The van der Waals surface area contributed by atoms with Crippen LogP contribution in [0.4, 0.5) is 5.69 Å². The Kier molecular flexibility index (Phi) is 9.86. The average Bonchev–Trinajstić information content (AvgIpc) is 3.03. The molecule has 0 bridgehead atoms. The summed E-state index contributed by atoms with van der Waals surface area (Å²) >= 11 is 0. The fourth-order valence-electron chi connectivity index (χ4n) is 5.49. The third-order valence-corrected chi connectivity index (χ3v) is 7.79. The van der Waals surface area contributed by atoms with E-state index < -0.39 is 0 Å². The second-order valence-electron chi connectivity index (χ2n) is 12.4. The monoisotopic (exact) mass is 574 g/mol. The Morgan fingerprint density at radius 2 is 1.21 bits per heavy atom. The highest BCUT2D eigenvalue weighted by molar-refractivity contribution is 5.76. The van der Waals surface area contributed by atoms with Crippen molar-refractivity contribution in [3.8, 4) is 33.8 Å². The van der Waals surface area contributed by atoms with Gasteiger partial charge >= 0.3 is 0 Å². The first-order valence-corrected chi connectivity index (χ1v) is 15.9. The van der Waals surface area contributed by atoms with Crippen molar-refractivity contribution in [2.75, 3.05) is 24.8 Å². The van der Waals surface area contributed by atoms with Crippen molar-refractivity contribution in [2.45, 2.75) is 60.8 Å². The zero-order chi connectivity index (χ0) is 30.3. The van der Waals surface area contributed by atoms with E-state index in [0.29, 0.717) is 25.0 Å². The van der Waals surface area contributed by atoms with Crippen molar-refractivity contribution in [3.05, 3.63) is 101 Å². The average molecular weight is 575 g/mol. The van der Waals surface area contributed by atoms with Crippen molar-refractivity contribution in [1.82, 2.24) is 0 Å². The van der Waals surface area contributed by atoms with Gasteiger partial charge in [0.1, 0.15) is 11.5 Å². The molecule has 0 radical (unpaired) electrons. The lowest BCUT2D eigenvalue weighted by atomic mass is 9.93. The summed E-state index contributed by atoms with van der Waals surface area (Å²) in [6.45, 7) is 15.3. The molecule has 0 aliphatic carbocycles. The minimum Gasteiger partial charge on any atom is -0.493 e. The van der Waals surface area contributed by atoms with Gasteiger partial charge in [-0.3, -0.25) is 5.01 Å². The highest BCUT2D eigenvalue weighted by Gasteiger charge is 2.19. The Hall–Kier alpha value is -4.05. The second-order valence-corrected chi connectivity index (χ2v) is 12.4. The van der Waals surface area contributed by atoms with Crippen LogP contribution in [0.5, 0.6) is 11.5 Å². The summed E-state index contributed by atoms with van der Waals surface area (Å²) in [4.78, 5) is 0. The standard InChI is InChI=1S/C39H46N2O2/c1-7-9-29-10-16-33(17-11-29)41-24-30(8-2)38-36(31-12-18-34(19-13-31)42-25-27(3)4)22-23-37(39(38)40-41)32-14-20-35(21-15-32)43-26-28(5)6/h10-23,27-28H,7-9,24-26H2,1-6H3. The van der Waals surface area contributed by atoms with Crippen LogP contribution in [0.25, 0.3) is 27.8 Å². The molecule has 0 amide bonds. The lowest BCUT2D eigenvalue weighted by molar-refractivity contribution is 0.271. The van der Waals surface area contributed by atoms with Gasteiger partial charge in [-0.25, -0.2) is 0 Å². The minimum absolute atomic E-state index is 0.485. The molecular formula is C39H46N2O2. The van der Waals surface area contributed by atoms with Crippen LogP contribution in [0.1, 0.15) is 59.9 Å². The van der Waals surface area contributed by atoms with E-state index in [1.807, 2.05) is 0 Å². The molecule has 0 unspecified atom stereocenters. The summed E-state index contributed by atoms with van der Waals surface area (Å²) in [5.41, 5.74) is 8.53.